The number of likely N-dealkylation sites (tertiary alicyclic amines) is 1. The van der Waals surface area contributed by atoms with Crippen LogP contribution in [0.15, 0.2) is 91.4 Å². The number of nitrogens with one attached hydrogen (secondary N) is 1. The van der Waals surface area contributed by atoms with Gasteiger partial charge in [-0.25, -0.2) is 10.5 Å². The molecule has 3 heterocycles. The second-order valence-electron chi connectivity index (χ2n) is 9.38. The molecule has 0 bridgehead atoms. The van der Waals surface area contributed by atoms with Gasteiger partial charge in [0, 0.05) is 48.2 Å². The summed E-state index contributed by atoms with van der Waals surface area (Å²) in [6.07, 6.45) is 6.01. The summed E-state index contributed by atoms with van der Waals surface area (Å²) in [6.45, 7) is 8.29. The van der Waals surface area contributed by atoms with Gasteiger partial charge in [0.05, 0.1) is 0 Å². The van der Waals surface area contributed by atoms with E-state index >= 15 is 0 Å². The van der Waals surface area contributed by atoms with Crippen LogP contribution >= 0.6 is 0 Å². The lowest BCUT2D eigenvalue weighted by Gasteiger charge is -2.41. The van der Waals surface area contributed by atoms with E-state index in [1.165, 1.54) is 22.2 Å². The van der Waals surface area contributed by atoms with Crippen molar-refractivity contribution in [2.45, 2.75) is 44.8 Å². The van der Waals surface area contributed by atoms with Gasteiger partial charge in [-0.15, -0.1) is 0 Å². The molecule has 1 saturated heterocycles. The summed E-state index contributed by atoms with van der Waals surface area (Å²) in [5.41, 5.74) is 7.93. The predicted octanol–water partition coefficient (Wildman–Crippen LogP) is 5.49. The number of amides is 1. The Hall–Kier alpha value is -3.90. The van der Waals surface area contributed by atoms with E-state index in [4.69, 9.17) is 10.2 Å². The van der Waals surface area contributed by atoms with Gasteiger partial charge in [-0.1, -0.05) is 49.0 Å². The van der Waals surface area contributed by atoms with Crippen molar-refractivity contribution in [2.24, 2.45) is 0 Å². The molecular weight excluding hydrogens is 436 g/mol. The normalized spacial score (nSPS) is 18.1. The van der Waals surface area contributed by atoms with Crippen molar-refractivity contribution < 1.29 is 10.0 Å². The average Bonchev–Trinajstić information content (AvgIpc) is 3.29. The summed E-state index contributed by atoms with van der Waals surface area (Å²) in [5.74, 6) is -0.109. The second-order valence-corrected chi connectivity index (χ2v) is 9.38. The molecule has 0 aliphatic carbocycles. The Bertz CT molecular complexity index is 1340. The molecule has 1 aliphatic heterocycles. The highest BCUT2D eigenvalue weighted by Gasteiger charge is 2.29. The van der Waals surface area contributed by atoms with E-state index < -0.39 is 5.91 Å². The van der Waals surface area contributed by atoms with Gasteiger partial charge in [0.2, 0.25) is 0 Å². The summed E-state index contributed by atoms with van der Waals surface area (Å²) in [4.78, 5) is 18.7. The molecule has 6 nitrogen and oxygen atoms in total. The van der Waals surface area contributed by atoms with Crippen molar-refractivity contribution in [3.63, 3.8) is 0 Å². The fraction of sp³-hybridized carbons (Fsp3) is 0.241. The monoisotopic (exact) mass is 466 g/mol. The zero-order chi connectivity index (χ0) is 24.4. The number of hydrogen-bond donors (Lipinski definition) is 2. The molecule has 5 rings (SSSR count). The number of carbonyl (C=O) groups excluding carboxylic acids is 1. The molecule has 1 aliphatic rings. The second kappa shape index (κ2) is 9.76. The van der Waals surface area contributed by atoms with E-state index in [2.05, 4.69) is 71.6 Å². The highest BCUT2D eigenvalue weighted by atomic mass is 16.5. The number of aromatic nitrogens is 2. The van der Waals surface area contributed by atoms with Crippen LogP contribution < -0.4 is 5.48 Å². The van der Waals surface area contributed by atoms with Crippen LogP contribution in [0.1, 0.15) is 52.7 Å². The van der Waals surface area contributed by atoms with Crippen LogP contribution in [-0.4, -0.2) is 31.6 Å². The zero-order valence-electron chi connectivity index (χ0n) is 19.9. The lowest BCUT2D eigenvalue weighted by atomic mass is 9.83. The molecule has 1 amide bonds. The Kier molecular flexibility index (Phi) is 6.38. The van der Waals surface area contributed by atoms with E-state index in [0.29, 0.717) is 24.1 Å². The van der Waals surface area contributed by atoms with Crippen LogP contribution in [-0.2, 0) is 13.1 Å². The van der Waals surface area contributed by atoms with Gasteiger partial charge < -0.3 is 9.47 Å². The number of rotatable bonds is 6. The summed E-state index contributed by atoms with van der Waals surface area (Å²) in [6, 6.07) is 22.5. The summed E-state index contributed by atoms with van der Waals surface area (Å²) in [5, 5.41) is 10.00. The number of benzene rings is 2. The van der Waals surface area contributed by atoms with Crippen molar-refractivity contribution >= 4 is 16.9 Å². The number of fused-ring (bicyclic) bond motifs is 1. The first-order chi connectivity index (χ1) is 17.0. The third-order valence-corrected chi connectivity index (χ3v) is 7.05. The molecule has 2 aromatic heterocycles. The van der Waals surface area contributed by atoms with Crippen LogP contribution in [0.25, 0.3) is 11.0 Å². The van der Waals surface area contributed by atoms with Crippen molar-refractivity contribution in [3.05, 3.63) is 114 Å². The number of hydrogen-bond acceptors (Lipinski definition) is 4. The molecule has 0 radical (unpaired) electrons. The third kappa shape index (κ3) is 4.70. The number of piperidine rings is 1. The summed E-state index contributed by atoms with van der Waals surface area (Å²) < 4.78 is 2.14. The molecule has 4 aromatic rings. The number of hydroxylamine groups is 1. The van der Waals surface area contributed by atoms with Gasteiger partial charge in [0.15, 0.2) is 0 Å². The Labute approximate surface area is 205 Å². The number of allylic oxidation sites excluding steroid dienone is 1. The molecule has 0 saturated carbocycles. The first kappa shape index (κ1) is 22.9. The molecule has 2 N–H and O–H groups in total. The Morgan fingerprint density at radius 1 is 1.06 bits per heavy atom. The minimum absolute atomic E-state index is 0.404. The molecule has 1 unspecified atom stereocenters. The maximum absolute atomic E-state index is 11.6. The van der Waals surface area contributed by atoms with Crippen molar-refractivity contribution in [3.8, 4) is 0 Å². The summed E-state index contributed by atoms with van der Waals surface area (Å²) >= 11 is 0. The van der Waals surface area contributed by atoms with Gasteiger partial charge in [-0.2, -0.15) is 0 Å². The van der Waals surface area contributed by atoms with Crippen molar-refractivity contribution in [1.82, 2.24) is 19.9 Å². The molecule has 2 atom stereocenters. The number of carbonyl (C=O) groups is 1. The van der Waals surface area contributed by atoms with Crippen LogP contribution in [0.5, 0.6) is 0 Å². The predicted molar refractivity (Wildman–Crippen MR) is 137 cm³/mol. The van der Waals surface area contributed by atoms with Crippen LogP contribution in [0.2, 0.25) is 0 Å². The Morgan fingerprint density at radius 2 is 1.80 bits per heavy atom. The van der Waals surface area contributed by atoms with Crippen molar-refractivity contribution in [2.75, 3.05) is 0 Å². The maximum atomic E-state index is 11.6. The molecule has 1 fully saturated rings. The number of pyridine rings is 1. The number of nitrogens with zero attached hydrogens (tertiary/aromatic N) is 3. The van der Waals surface area contributed by atoms with Gasteiger partial charge in [-0.05, 0) is 66.6 Å². The van der Waals surface area contributed by atoms with E-state index in [0.717, 1.165) is 30.6 Å². The zero-order valence-corrected chi connectivity index (χ0v) is 19.9. The van der Waals surface area contributed by atoms with E-state index in [1.807, 2.05) is 18.3 Å². The van der Waals surface area contributed by atoms with E-state index in [-0.39, 0.29) is 0 Å². The molecule has 35 heavy (non-hydrogen) atoms. The average molecular weight is 467 g/mol. The Balaban J connectivity index is 1.35. The molecule has 0 spiro atoms. The maximum Gasteiger partial charge on any atom is 0.274 e. The van der Waals surface area contributed by atoms with Crippen LogP contribution in [0, 0.1) is 0 Å². The highest BCUT2D eigenvalue weighted by Crippen LogP contribution is 2.39. The summed E-state index contributed by atoms with van der Waals surface area (Å²) in [7, 11) is 0. The minimum atomic E-state index is -0.514. The van der Waals surface area contributed by atoms with Crippen LogP contribution in [0.3, 0.4) is 0 Å². The molecule has 2 aromatic carbocycles. The lowest BCUT2D eigenvalue weighted by Crippen LogP contribution is -2.37. The first-order valence-corrected chi connectivity index (χ1v) is 12.0. The standard InChI is InChI=1S/C29H30N4O2/c1-20-16-25(17-21(2)33(20)19-22-6-4-3-5-7-22)26-12-14-30-28-27(26)13-15-32(28)18-23-8-10-24(11-9-23)29(34)31-35/h3-15,21,25,35H,1,16-19H2,2H3,(H,31,34)/t21-,25?/m1/s1. The molecule has 178 valence electrons. The fourth-order valence-corrected chi connectivity index (χ4v) is 5.24. The Morgan fingerprint density at radius 3 is 2.51 bits per heavy atom. The van der Waals surface area contributed by atoms with Crippen molar-refractivity contribution in [1.29, 1.82) is 0 Å². The third-order valence-electron chi connectivity index (χ3n) is 7.05. The largest absolute Gasteiger partial charge is 0.368 e. The fourth-order valence-electron chi connectivity index (χ4n) is 5.24. The topological polar surface area (TPSA) is 70.4 Å². The first-order valence-electron chi connectivity index (χ1n) is 12.0. The SMILES string of the molecule is C=C1CC(c2ccnc3c2ccn3Cc2ccc(C(=O)NO)cc2)C[C@@H](C)N1Cc1ccccc1. The quantitative estimate of drug-likeness (QED) is 0.291. The van der Waals surface area contributed by atoms with E-state index in [1.54, 1.807) is 17.6 Å². The molecular formula is C29H30N4O2. The van der Waals surface area contributed by atoms with Gasteiger partial charge >= 0.3 is 0 Å². The van der Waals surface area contributed by atoms with Crippen LogP contribution in [0.4, 0.5) is 0 Å². The molecule has 6 heteroatoms. The van der Waals surface area contributed by atoms with Gasteiger partial charge in [0.25, 0.3) is 5.91 Å². The smallest absolute Gasteiger partial charge is 0.274 e. The lowest BCUT2D eigenvalue weighted by molar-refractivity contribution is 0.0706. The van der Waals surface area contributed by atoms with Gasteiger partial charge in [0.1, 0.15) is 5.65 Å². The van der Waals surface area contributed by atoms with E-state index in [9.17, 15) is 4.79 Å². The minimum Gasteiger partial charge on any atom is -0.368 e. The van der Waals surface area contributed by atoms with Gasteiger partial charge in [-0.3, -0.25) is 10.0 Å². The highest BCUT2D eigenvalue weighted by molar-refractivity contribution is 5.93.